The maximum absolute atomic E-state index is 13.0. The van der Waals surface area contributed by atoms with E-state index in [1.54, 1.807) is 12.1 Å². The van der Waals surface area contributed by atoms with Gasteiger partial charge in [-0.2, -0.15) is 5.06 Å². The third-order valence-corrected chi connectivity index (χ3v) is 4.89. The molecule has 1 heterocycles. The zero-order valence-electron chi connectivity index (χ0n) is 16.4. The van der Waals surface area contributed by atoms with Crippen LogP contribution in [-0.4, -0.2) is 38.1 Å². The van der Waals surface area contributed by atoms with Gasteiger partial charge in [-0.25, -0.2) is 0 Å². The molecule has 3 rings (SSSR count). The molecule has 0 saturated carbocycles. The van der Waals surface area contributed by atoms with E-state index in [1.807, 2.05) is 24.3 Å². The first kappa shape index (κ1) is 19.4. The Balaban J connectivity index is 1.80. The molecule has 0 spiro atoms. The summed E-state index contributed by atoms with van der Waals surface area (Å²) in [5, 5.41) is 1.40. The SMILES string of the molecule is CCCCOc1ccc(C(=O)N(OC)c2cccc3c2CCN(C)C3)cc1. The lowest BCUT2D eigenvalue weighted by molar-refractivity contribution is 0.0771. The monoisotopic (exact) mass is 368 g/mol. The molecule has 0 saturated heterocycles. The molecule has 5 nitrogen and oxygen atoms in total. The van der Waals surface area contributed by atoms with Gasteiger partial charge in [-0.15, -0.1) is 0 Å². The zero-order chi connectivity index (χ0) is 19.2. The Bertz CT molecular complexity index is 774. The number of nitrogens with zero attached hydrogens (tertiary/aromatic N) is 2. The van der Waals surface area contributed by atoms with Crippen LogP contribution in [0.3, 0.4) is 0 Å². The number of rotatable bonds is 7. The van der Waals surface area contributed by atoms with E-state index in [0.717, 1.165) is 43.8 Å². The van der Waals surface area contributed by atoms with E-state index in [-0.39, 0.29) is 5.91 Å². The number of ether oxygens (including phenoxy) is 1. The largest absolute Gasteiger partial charge is 0.494 e. The highest BCUT2D eigenvalue weighted by Gasteiger charge is 2.24. The van der Waals surface area contributed by atoms with Gasteiger partial charge >= 0.3 is 0 Å². The van der Waals surface area contributed by atoms with E-state index in [0.29, 0.717) is 12.2 Å². The lowest BCUT2D eigenvalue weighted by atomic mass is 9.97. The number of anilines is 1. The van der Waals surface area contributed by atoms with Crippen LogP contribution in [0.25, 0.3) is 0 Å². The molecule has 2 aromatic rings. The van der Waals surface area contributed by atoms with Crippen LogP contribution < -0.4 is 9.80 Å². The fourth-order valence-electron chi connectivity index (χ4n) is 3.36. The van der Waals surface area contributed by atoms with Gasteiger partial charge in [-0.1, -0.05) is 25.5 Å². The summed E-state index contributed by atoms with van der Waals surface area (Å²) < 4.78 is 5.68. The van der Waals surface area contributed by atoms with Crippen LogP contribution in [0.15, 0.2) is 42.5 Å². The van der Waals surface area contributed by atoms with E-state index in [9.17, 15) is 4.79 Å². The van der Waals surface area contributed by atoms with E-state index in [2.05, 4.69) is 24.9 Å². The van der Waals surface area contributed by atoms with Crippen molar-refractivity contribution in [2.24, 2.45) is 0 Å². The Morgan fingerprint density at radius 1 is 1.19 bits per heavy atom. The van der Waals surface area contributed by atoms with Crippen molar-refractivity contribution in [3.05, 3.63) is 59.2 Å². The summed E-state index contributed by atoms with van der Waals surface area (Å²) in [4.78, 5) is 20.8. The van der Waals surface area contributed by atoms with Crippen molar-refractivity contribution in [1.29, 1.82) is 0 Å². The van der Waals surface area contributed by atoms with Gasteiger partial charge < -0.3 is 9.64 Å². The summed E-state index contributed by atoms with van der Waals surface area (Å²) in [5.41, 5.74) is 3.84. The van der Waals surface area contributed by atoms with Crippen LogP contribution in [0, 0.1) is 0 Å². The van der Waals surface area contributed by atoms with Crippen LogP contribution >= 0.6 is 0 Å². The Kier molecular flexibility index (Phi) is 6.48. The first-order valence-electron chi connectivity index (χ1n) is 9.54. The zero-order valence-corrected chi connectivity index (χ0v) is 16.4. The smallest absolute Gasteiger partial charge is 0.282 e. The maximum atomic E-state index is 13.0. The average molecular weight is 368 g/mol. The quantitative estimate of drug-likeness (QED) is 0.546. The van der Waals surface area contributed by atoms with Crippen LogP contribution in [0.4, 0.5) is 5.69 Å². The second-order valence-corrected chi connectivity index (χ2v) is 6.91. The second kappa shape index (κ2) is 9.02. The molecule has 2 aromatic carbocycles. The van der Waals surface area contributed by atoms with Crippen molar-refractivity contribution in [2.45, 2.75) is 32.7 Å². The van der Waals surface area contributed by atoms with Crippen molar-refractivity contribution in [2.75, 3.05) is 32.4 Å². The molecular weight excluding hydrogens is 340 g/mol. The van der Waals surface area contributed by atoms with Gasteiger partial charge in [0, 0.05) is 18.7 Å². The number of hydrogen-bond acceptors (Lipinski definition) is 4. The van der Waals surface area contributed by atoms with Crippen molar-refractivity contribution < 1.29 is 14.4 Å². The third kappa shape index (κ3) is 4.49. The normalized spacial score (nSPS) is 13.9. The first-order valence-corrected chi connectivity index (χ1v) is 9.54. The summed E-state index contributed by atoms with van der Waals surface area (Å²) in [6, 6.07) is 13.3. The topological polar surface area (TPSA) is 42.0 Å². The first-order chi connectivity index (χ1) is 13.1. The molecule has 0 fully saturated rings. The number of hydroxylamine groups is 1. The summed E-state index contributed by atoms with van der Waals surface area (Å²) in [7, 11) is 3.65. The molecule has 0 atom stereocenters. The highest BCUT2D eigenvalue weighted by atomic mass is 16.7. The molecule has 0 unspecified atom stereocenters. The molecule has 1 amide bonds. The number of carbonyl (C=O) groups is 1. The number of hydrogen-bond donors (Lipinski definition) is 0. The molecule has 0 bridgehead atoms. The van der Waals surface area contributed by atoms with Gasteiger partial charge in [0.1, 0.15) is 5.75 Å². The van der Waals surface area contributed by atoms with E-state index in [1.165, 1.54) is 23.3 Å². The Hall–Kier alpha value is -2.37. The minimum absolute atomic E-state index is 0.176. The third-order valence-electron chi connectivity index (χ3n) is 4.89. The van der Waals surface area contributed by atoms with Gasteiger partial charge in [0.15, 0.2) is 0 Å². The Morgan fingerprint density at radius 2 is 1.96 bits per heavy atom. The fraction of sp³-hybridized carbons (Fsp3) is 0.409. The second-order valence-electron chi connectivity index (χ2n) is 6.91. The number of fused-ring (bicyclic) bond motifs is 1. The molecule has 1 aliphatic heterocycles. The predicted molar refractivity (Wildman–Crippen MR) is 107 cm³/mol. The maximum Gasteiger partial charge on any atom is 0.282 e. The lowest BCUT2D eigenvalue weighted by Gasteiger charge is -2.30. The van der Waals surface area contributed by atoms with Crippen molar-refractivity contribution in [3.8, 4) is 5.75 Å². The molecule has 0 radical (unpaired) electrons. The predicted octanol–water partition coefficient (Wildman–Crippen LogP) is 4.06. The number of unbranched alkanes of at least 4 members (excludes halogenated alkanes) is 1. The molecule has 5 heteroatoms. The minimum Gasteiger partial charge on any atom is -0.494 e. The fourth-order valence-corrected chi connectivity index (χ4v) is 3.36. The van der Waals surface area contributed by atoms with E-state index >= 15 is 0 Å². The Morgan fingerprint density at radius 3 is 2.67 bits per heavy atom. The van der Waals surface area contributed by atoms with E-state index in [4.69, 9.17) is 9.57 Å². The standard InChI is InChI=1S/C22H28N2O3/c1-4-5-15-27-19-11-9-17(10-12-19)22(25)24(26-3)21-8-6-7-18-16-23(2)14-13-20(18)21/h6-12H,4-5,13-16H2,1-3H3. The Labute approximate surface area is 161 Å². The van der Waals surface area contributed by atoms with E-state index < -0.39 is 0 Å². The molecule has 1 aliphatic rings. The van der Waals surface area contributed by atoms with Gasteiger partial charge in [0.05, 0.1) is 19.4 Å². The van der Waals surface area contributed by atoms with Crippen LogP contribution in [-0.2, 0) is 17.8 Å². The molecular formula is C22H28N2O3. The summed E-state index contributed by atoms with van der Waals surface area (Å²) in [6.07, 6.45) is 3.02. The van der Waals surface area contributed by atoms with Gasteiger partial charge in [-0.3, -0.25) is 9.63 Å². The number of benzene rings is 2. The van der Waals surface area contributed by atoms with Crippen molar-refractivity contribution in [3.63, 3.8) is 0 Å². The highest BCUT2D eigenvalue weighted by molar-refractivity contribution is 6.05. The summed E-state index contributed by atoms with van der Waals surface area (Å²) >= 11 is 0. The van der Waals surface area contributed by atoms with Crippen LogP contribution in [0.5, 0.6) is 5.75 Å². The van der Waals surface area contributed by atoms with Gasteiger partial charge in [0.2, 0.25) is 0 Å². The number of carbonyl (C=O) groups excluding carboxylic acids is 1. The number of amides is 1. The summed E-state index contributed by atoms with van der Waals surface area (Å²) in [5.74, 6) is 0.606. The minimum atomic E-state index is -0.176. The number of likely N-dealkylation sites (N-methyl/N-ethyl adjacent to an activating group) is 1. The highest BCUT2D eigenvalue weighted by Crippen LogP contribution is 2.30. The molecule has 0 aromatic heterocycles. The van der Waals surface area contributed by atoms with Crippen LogP contribution in [0.2, 0.25) is 0 Å². The molecule has 144 valence electrons. The van der Waals surface area contributed by atoms with Crippen LogP contribution in [0.1, 0.15) is 41.3 Å². The lowest BCUT2D eigenvalue weighted by Crippen LogP contribution is -2.33. The summed E-state index contributed by atoms with van der Waals surface area (Å²) in [6.45, 7) is 4.68. The van der Waals surface area contributed by atoms with Gasteiger partial charge in [-0.05, 0) is 61.3 Å². The molecule has 0 N–H and O–H groups in total. The van der Waals surface area contributed by atoms with Crippen molar-refractivity contribution >= 4 is 11.6 Å². The van der Waals surface area contributed by atoms with Gasteiger partial charge in [0.25, 0.3) is 5.91 Å². The molecule has 27 heavy (non-hydrogen) atoms. The average Bonchev–Trinajstić information content (AvgIpc) is 2.69. The van der Waals surface area contributed by atoms with Crippen molar-refractivity contribution in [1.82, 2.24) is 4.90 Å². The molecule has 0 aliphatic carbocycles.